The second kappa shape index (κ2) is 8.73. The van der Waals surface area contributed by atoms with E-state index >= 15 is 0 Å². The minimum Gasteiger partial charge on any atom is -0.393 e. The van der Waals surface area contributed by atoms with Crippen LogP contribution in [0.4, 0.5) is 0 Å². The highest BCUT2D eigenvalue weighted by molar-refractivity contribution is 5.90. The zero-order chi connectivity index (χ0) is 16.0. The zero-order valence-corrected chi connectivity index (χ0v) is 14.5. The molecule has 0 spiro atoms. The van der Waals surface area contributed by atoms with Gasteiger partial charge in [0, 0.05) is 6.42 Å². The molecule has 4 unspecified atom stereocenters. The van der Waals surface area contributed by atoms with Crippen LogP contribution in [0.15, 0.2) is 12.2 Å². The highest BCUT2D eigenvalue weighted by atomic mass is 16.3. The Kier molecular flexibility index (Phi) is 7.65. The lowest BCUT2D eigenvalue weighted by Gasteiger charge is -2.33. The Morgan fingerprint density at radius 2 is 1.76 bits per heavy atom. The highest BCUT2D eigenvalue weighted by Gasteiger charge is 2.28. The third-order valence-corrected chi connectivity index (χ3v) is 5.10. The molecule has 2 nitrogen and oxygen atoms in total. The van der Waals surface area contributed by atoms with E-state index < -0.39 is 0 Å². The van der Waals surface area contributed by atoms with Gasteiger partial charge in [0.2, 0.25) is 0 Å². The van der Waals surface area contributed by atoms with Crippen LogP contribution < -0.4 is 0 Å². The van der Waals surface area contributed by atoms with Gasteiger partial charge >= 0.3 is 0 Å². The number of hydrogen-bond donors (Lipinski definition) is 1. The van der Waals surface area contributed by atoms with Crippen LogP contribution in [0.3, 0.4) is 0 Å². The van der Waals surface area contributed by atoms with E-state index in [0.29, 0.717) is 23.7 Å². The quantitative estimate of drug-likeness (QED) is 0.807. The summed E-state index contributed by atoms with van der Waals surface area (Å²) >= 11 is 0. The van der Waals surface area contributed by atoms with Crippen LogP contribution in [0.2, 0.25) is 0 Å². The standard InChI is InChI=1S/C10H20O.C9H14O/c1-7(2)9-5-4-8(3)6-10(9)11;1-7(2)8-3-5-9(10)6-4-8/h7-11H,4-6H2,1-3H3;3,5,7-8H,4,6H2,1-2H3. The smallest absolute Gasteiger partial charge is 0.155 e. The normalized spacial score (nSPS) is 33.0. The van der Waals surface area contributed by atoms with Crippen LogP contribution in [0.5, 0.6) is 0 Å². The first-order chi connectivity index (χ1) is 9.81. The Balaban J connectivity index is 0.000000211. The van der Waals surface area contributed by atoms with Crippen LogP contribution in [-0.2, 0) is 4.79 Å². The molecule has 122 valence electrons. The maximum Gasteiger partial charge on any atom is 0.155 e. The van der Waals surface area contributed by atoms with Crippen molar-refractivity contribution in [2.75, 3.05) is 0 Å². The molecule has 0 heterocycles. The third kappa shape index (κ3) is 6.34. The van der Waals surface area contributed by atoms with E-state index in [-0.39, 0.29) is 11.9 Å². The molecule has 4 atom stereocenters. The topological polar surface area (TPSA) is 37.3 Å². The molecule has 0 aromatic carbocycles. The minimum absolute atomic E-state index is 0.0289. The summed E-state index contributed by atoms with van der Waals surface area (Å²) in [6.45, 7) is 11.1. The van der Waals surface area contributed by atoms with Gasteiger partial charge in [-0.15, -0.1) is 0 Å². The summed E-state index contributed by atoms with van der Waals surface area (Å²) in [6.07, 6.45) is 9.10. The Hall–Kier alpha value is -0.630. The monoisotopic (exact) mass is 294 g/mol. The van der Waals surface area contributed by atoms with E-state index in [1.807, 2.05) is 0 Å². The molecular formula is C19H34O2. The van der Waals surface area contributed by atoms with E-state index in [1.54, 1.807) is 6.08 Å². The average Bonchev–Trinajstić information content (AvgIpc) is 2.39. The fourth-order valence-corrected chi connectivity index (χ4v) is 3.43. The third-order valence-electron chi connectivity index (χ3n) is 5.10. The minimum atomic E-state index is -0.0289. The number of rotatable bonds is 2. The molecule has 0 aromatic rings. The molecule has 2 aliphatic carbocycles. The van der Waals surface area contributed by atoms with Crippen LogP contribution in [0.25, 0.3) is 0 Å². The van der Waals surface area contributed by atoms with Gasteiger partial charge in [0.15, 0.2) is 5.78 Å². The van der Waals surface area contributed by atoms with E-state index in [0.717, 1.165) is 25.2 Å². The van der Waals surface area contributed by atoms with Crippen LogP contribution >= 0.6 is 0 Å². The maximum absolute atomic E-state index is 10.7. The van der Waals surface area contributed by atoms with Gasteiger partial charge in [0.05, 0.1) is 6.10 Å². The molecular weight excluding hydrogens is 260 g/mol. The molecule has 2 aliphatic rings. The summed E-state index contributed by atoms with van der Waals surface area (Å²) in [4.78, 5) is 10.7. The van der Waals surface area contributed by atoms with E-state index in [1.165, 1.54) is 12.8 Å². The van der Waals surface area contributed by atoms with Crippen molar-refractivity contribution < 1.29 is 9.90 Å². The van der Waals surface area contributed by atoms with Crippen molar-refractivity contribution in [2.45, 2.75) is 72.8 Å². The molecule has 1 fully saturated rings. The molecule has 0 aromatic heterocycles. The van der Waals surface area contributed by atoms with Gasteiger partial charge in [-0.05, 0) is 54.9 Å². The summed E-state index contributed by atoms with van der Waals surface area (Å²) in [5.41, 5.74) is 0. The summed E-state index contributed by atoms with van der Waals surface area (Å²) in [7, 11) is 0. The van der Waals surface area contributed by atoms with E-state index in [4.69, 9.17) is 0 Å². The predicted molar refractivity (Wildman–Crippen MR) is 89.1 cm³/mol. The van der Waals surface area contributed by atoms with Gasteiger partial charge in [-0.3, -0.25) is 4.79 Å². The van der Waals surface area contributed by atoms with Crippen LogP contribution in [0, 0.1) is 29.6 Å². The highest BCUT2D eigenvalue weighted by Crippen LogP contribution is 2.33. The van der Waals surface area contributed by atoms with Gasteiger partial charge in [0.1, 0.15) is 0 Å². The molecule has 1 saturated carbocycles. The molecule has 0 radical (unpaired) electrons. The lowest BCUT2D eigenvalue weighted by atomic mass is 9.75. The van der Waals surface area contributed by atoms with Crippen molar-refractivity contribution in [2.24, 2.45) is 29.6 Å². The molecule has 0 amide bonds. The van der Waals surface area contributed by atoms with Gasteiger partial charge in [-0.2, -0.15) is 0 Å². The van der Waals surface area contributed by atoms with Crippen molar-refractivity contribution in [3.63, 3.8) is 0 Å². The Bertz CT molecular complexity index is 343. The first-order valence-corrected chi connectivity index (χ1v) is 8.70. The number of ketones is 1. The molecule has 21 heavy (non-hydrogen) atoms. The average molecular weight is 294 g/mol. The second-order valence-corrected chi connectivity index (χ2v) is 7.67. The zero-order valence-electron chi connectivity index (χ0n) is 14.5. The fourth-order valence-electron chi connectivity index (χ4n) is 3.43. The second-order valence-electron chi connectivity index (χ2n) is 7.67. The first-order valence-electron chi connectivity index (χ1n) is 8.70. The van der Waals surface area contributed by atoms with Crippen molar-refractivity contribution >= 4 is 5.78 Å². The van der Waals surface area contributed by atoms with Crippen molar-refractivity contribution in [1.82, 2.24) is 0 Å². The molecule has 0 bridgehead atoms. The first kappa shape index (κ1) is 18.4. The molecule has 2 rings (SSSR count). The summed E-state index contributed by atoms with van der Waals surface area (Å²) in [5, 5.41) is 9.71. The number of hydrogen-bond acceptors (Lipinski definition) is 2. The van der Waals surface area contributed by atoms with Crippen molar-refractivity contribution in [1.29, 1.82) is 0 Å². The lowest BCUT2D eigenvalue weighted by Crippen LogP contribution is -2.31. The van der Waals surface area contributed by atoms with Crippen molar-refractivity contribution in [3.8, 4) is 0 Å². The largest absolute Gasteiger partial charge is 0.393 e. The fraction of sp³-hybridized carbons (Fsp3) is 0.842. The summed E-state index contributed by atoms with van der Waals surface area (Å²) in [5.74, 6) is 3.56. The van der Waals surface area contributed by atoms with E-state index in [9.17, 15) is 9.90 Å². The number of allylic oxidation sites excluding steroid dienone is 2. The number of carbonyl (C=O) groups is 1. The number of aliphatic hydroxyl groups excluding tert-OH is 1. The van der Waals surface area contributed by atoms with Crippen molar-refractivity contribution in [3.05, 3.63) is 12.2 Å². The van der Waals surface area contributed by atoms with Gasteiger partial charge in [-0.25, -0.2) is 0 Å². The van der Waals surface area contributed by atoms with Gasteiger partial charge < -0.3 is 5.11 Å². The summed E-state index contributed by atoms with van der Waals surface area (Å²) < 4.78 is 0. The summed E-state index contributed by atoms with van der Waals surface area (Å²) in [6, 6.07) is 0. The van der Waals surface area contributed by atoms with Crippen LogP contribution in [0.1, 0.15) is 66.7 Å². The number of carbonyl (C=O) groups excluding carboxylic acids is 1. The van der Waals surface area contributed by atoms with Crippen LogP contribution in [-0.4, -0.2) is 17.0 Å². The Morgan fingerprint density at radius 3 is 2.19 bits per heavy atom. The molecule has 0 saturated heterocycles. The predicted octanol–water partition coefficient (Wildman–Crippen LogP) is 4.62. The maximum atomic E-state index is 10.7. The lowest BCUT2D eigenvalue weighted by molar-refractivity contribution is -0.115. The molecule has 0 aliphatic heterocycles. The van der Waals surface area contributed by atoms with E-state index in [2.05, 4.69) is 40.7 Å². The Morgan fingerprint density at radius 1 is 1.10 bits per heavy atom. The van der Waals surface area contributed by atoms with Gasteiger partial charge in [-0.1, -0.05) is 47.1 Å². The Labute approximate surface area is 131 Å². The molecule has 1 N–H and O–H groups in total. The number of aliphatic hydroxyl groups is 1. The SMILES string of the molecule is CC(C)C1C=CC(=O)CC1.CC1CCC(C(C)C)C(O)C1. The van der Waals surface area contributed by atoms with Gasteiger partial charge in [0.25, 0.3) is 0 Å². The molecule has 2 heteroatoms.